The van der Waals surface area contributed by atoms with Gasteiger partial charge in [0, 0.05) is 6.42 Å². The zero-order chi connectivity index (χ0) is 18.7. The molecule has 0 aromatic carbocycles. The second-order valence-corrected chi connectivity index (χ2v) is 7.97. The van der Waals surface area contributed by atoms with Gasteiger partial charge in [0.05, 0.1) is 12.2 Å². The number of hydrogen-bond donors (Lipinski definition) is 6. The van der Waals surface area contributed by atoms with Crippen molar-refractivity contribution >= 4 is 27.2 Å². The minimum atomic E-state index is -4.88. The Labute approximate surface area is 142 Å². The molecule has 142 valence electrons. The van der Waals surface area contributed by atoms with Crippen molar-refractivity contribution in [3.05, 3.63) is 0 Å². The Bertz CT molecular complexity index is 543. The molecule has 24 heavy (non-hydrogen) atoms. The Morgan fingerprint density at radius 1 is 1.25 bits per heavy atom. The molecule has 0 bridgehead atoms. The van der Waals surface area contributed by atoms with E-state index in [2.05, 4.69) is 9.44 Å². The maximum atomic E-state index is 10.6. The van der Waals surface area contributed by atoms with Gasteiger partial charge in [-0.05, 0) is 13.8 Å². The van der Waals surface area contributed by atoms with Gasteiger partial charge in [-0.2, -0.15) is 8.42 Å². The molecule has 1 heterocycles. The van der Waals surface area contributed by atoms with Crippen LogP contribution >= 0.6 is 11.8 Å². The highest BCUT2D eigenvalue weighted by Gasteiger charge is 2.44. The van der Waals surface area contributed by atoms with E-state index in [0.717, 1.165) is 0 Å². The third-order valence-electron chi connectivity index (χ3n) is 2.92. The summed E-state index contributed by atoms with van der Waals surface area (Å²) in [7, 11) is -4.88. The first-order valence-corrected chi connectivity index (χ1v) is 9.01. The van der Waals surface area contributed by atoms with E-state index in [4.69, 9.17) is 14.4 Å². The summed E-state index contributed by atoms with van der Waals surface area (Å²) in [5.74, 6) is 0. The van der Waals surface area contributed by atoms with Gasteiger partial charge in [-0.3, -0.25) is 4.55 Å². The molecule has 1 fully saturated rings. The third-order valence-corrected chi connectivity index (χ3v) is 4.29. The molecule has 0 radical (unpaired) electrons. The summed E-state index contributed by atoms with van der Waals surface area (Å²) >= 11 is 0.601. The Morgan fingerprint density at radius 2 is 1.83 bits per heavy atom. The van der Waals surface area contributed by atoms with Gasteiger partial charge in [-0.25, -0.2) is 4.28 Å². The van der Waals surface area contributed by atoms with Gasteiger partial charge in [0.25, 0.3) is 0 Å². The number of oxime groups is 1. The number of thioether (sulfide) groups is 1. The van der Waals surface area contributed by atoms with Gasteiger partial charge >= 0.3 is 10.4 Å². The summed E-state index contributed by atoms with van der Waals surface area (Å²) in [4.78, 5) is 0. The SMILES string of the molecule is CC(C)(O)C/C(=N\OS(=O)(=O)O)S[C@@H]1O[C@H](CO)[C@@H](O)[C@H](O)[C@H]1O. The van der Waals surface area contributed by atoms with Crippen LogP contribution in [0, 0.1) is 0 Å². The fourth-order valence-corrected chi connectivity index (χ4v) is 3.37. The summed E-state index contributed by atoms with van der Waals surface area (Å²) in [6.07, 6.45) is -6.16. The number of nitrogens with zero attached hydrogens (tertiary/aromatic N) is 1. The van der Waals surface area contributed by atoms with E-state index in [9.17, 15) is 28.8 Å². The van der Waals surface area contributed by atoms with Crippen LogP contribution in [0.25, 0.3) is 0 Å². The standard InChI is InChI=1S/C11H21NO10S2/c1-11(2,17)3-6(12-22-24(18,19)20)23-10-9(16)8(15)7(14)5(4-13)21-10/h5,7-10,13-17H,3-4H2,1-2H3,(H,18,19,20)/b12-6+/t5-,7-,8+,9-,10+/m1/s1. The second-order valence-electron chi connectivity index (χ2n) is 5.79. The van der Waals surface area contributed by atoms with Crippen molar-refractivity contribution in [3.63, 3.8) is 0 Å². The normalized spacial score (nSPS) is 32.7. The first-order valence-electron chi connectivity index (χ1n) is 6.76. The second kappa shape index (κ2) is 8.25. The maximum absolute atomic E-state index is 10.6. The van der Waals surface area contributed by atoms with E-state index in [0.29, 0.717) is 11.8 Å². The smallest absolute Gasteiger partial charge is 0.394 e. The molecule has 0 saturated carbocycles. The fourth-order valence-electron chi connectivity index (χ4n) is 1.85. The number of ether oxygens (including phenoxy) is 1. The van der Waals surface area contributed by atoms with Gasteiger partial charge in [0.15, 0.2) is 0 Å². The topological polar surface area (TPSA) is 186 Å². The molecule has 1 aliphatic rings. The van der Waals surface area contributed by atoms with Crippen molar-refractivity contribution in [1.82, 2.24) is 0 Å². The van der Waals surface area contributed by atoms with Crippen molar-refractivity contribution < 1.29 is 47.5 Å². The monoisotopic (exact) mass is 391 g/mol. The molecule has 0 aromatic heterocycles. The lowest BCUT2D eigenvalue weighted by molar-refractivity contribution is -0.205. The van der Waals surface area contributed by atoms with Crippen LogP contribution < -0.4 is 0 Å². The van der Waals surface area contributed by atoms with E-state index >= 15 is 0 Å². The molecule has 0 aliphatic carbocycles. The van der Waals surface area contributed by atoms with Gasteiger partial charge in [-0.1, -0.05) is 16.9 Å². The molecule has 0 unspecified atom stereocenters. The molecule has 0 amide bonds. The van der Waals surface area contributed by atoms with E-state index < -0.39 is 52.5 Å². The van der Waals surface area contributed by atoms with Crippen LogP contribution in [-0.2, 0) is 19.4 Å². The van der Waals surface area contributed by atoms with E-state index in [1.807, 2.05) is 0 Å². The molecule has 0 aromatic rings. The summed E-state index contributed by atoms with van der Waals surface area (Å²) in [6.45, 7) is 2.15. The molecule has 13 heteroatoms. The Morgan fingerprint density at radius 3 is 2.29 bits per heavy atom. The minimum Gasteiger partial charge on any atom is -0.394 e. The van der Waals surface area contributed by atoms with Crippen LogP contribution in [0.5, 0.6) is 0 Å². The summed E-state index contributed by atoms with van der Waals surface area (Å²) in [5.41, 5.74) is -2.59. The first-order chi connectivity index (χ1) is 10.8. The lowest BCUT2D eigenvalue weighted by Gasteiger charge is -2.39. The minimum absolute atomic E-state index is 0.176. The molecule has 11 nitrogen and oxygen atoms in total. The van der Waals surface area contributed by atoms with Crippen molar-refractivity contribution in [3.8, 4) is 0 Å². The molecule has 1 saturated heterocycles. The van der Waals surface area contributed by atoms with Crippen LogP contribution in [0.3, 0.4) is 0 Å². The highest BCUT2D eigenvalue weighted by molar-refractivity contribution is 8.14. The molecule has 6 N–H and O–H groups in total. The van der Waals surface area contributed by atoms with Crippen LogP contribution in [0.1, 0.15) is 20.3 Å². The lowest BCUT2D eigenvalue weighted by atomic mass is 10.0. The Kier molecular flexibility index (Phi) is 7.40. The van der Waals surface area contributed by atoms with Crippen LogP contribution in [0.2, 0.25) is 0 Å². The molecule has 0 spiro atoms. The Balaban J connectivity index is 2.95. The van der Waals surface area contributed by atoms with Crippen LogP contribution in [-0.4, -0.2) is 85.6 Å². The van der Waals surface area contributed by atoms with Gasteiger partial charge in [0.1, 0.15) is 34.9 Å². The largest absolute Gasteiger partial charge is 0.466 e. The van der Waals surface area contributed by atoms with E-state index in [1.54, 1.807) is 0 Å². The van der Waals surface area contributed by atoms with Gasteiger partial charge in [-0.15, -0.1) is 0 Å². The zero-order valence-electron chi connectivity index (χ0n) is 12.9. The highest BCUT2D eigenvalue weighted by Crippen LogP contribution is 2.31. The van der Waals surface area contributed by atoms with Gasteiger partial charge < -0.3 is 30.3 Å². The average molecular weight is 391 g/mol. The fraction of sp³-hybridized carbons (Fsp3) is 0.909. The molecular formula is C11H21NO10S2. The Hall–Kier alpha value is -0.510. The predicted octanol–water partition coefficient (Wildman–Crippen LogP) is -2.19. The highest BCUT2D eigenvalue weighted by atomic mass is 32.3. The number of aliphatic hydroxyl groups is 5. The molecule has 5 atom stereocenters. The number of rotatable bonds is 6. The molecular weight excluding hydrogens is 370 g/mol. The third kappa shape index (κ3) is 6.78. The summed E-state index contributed by atoms with van der Waals surface area (Å²) in [6, 6.07) is 0. The predicted molar refractivity (Wildman–Crippen MR) is 82.3 cm³/mol. The molecule has 1 rings (SSSR count). The number of hydrogen-bond acceptors (Lipinski definition) is 11. The van der Waals surface area contributed by atoms with E-state index in [-0.39, 0.29) is 11.5 Å². The van der Waals surface area contributed by atoms with Crippen LogP contribution in [0.4, 0.5) is 0 Å². The van der Waals surface area contributed by atoms with Crippen molar-refractivity contribution in [1.29, 1.82) is 0 Å². The van der Waals surface area contributed by atoms with E-state index in [1.165, 1.54) is 13.8 Å². The summed E-state index contributed by atoms with van der Waals surface area (Å²) in [5, 5.41) is 51.3. The molecule has 1 aliphatic heterocycles. The van der Waals surface area contributed by atoms with Crippen molar-refractivity contribution in [2.45, 2.75) is 55.7 Å². The average Bonchev–Trinajstić information content (AvgIpc) is 2.43. The number of aliphatic hydroxyl groups excluding tert-OH is 4. The quantitative estimate of drug-likeness (QED) is 0.125. The lowest BCUT2D eigenvalue weighted by Crippen LogP contribution is -2.57. The van der Waals surface area contributed by atoms with Crippen molar-refractivity contribution in [2.24, 2.45) is 5.16 Å². The van der Waals surface area contributed by atoms with Gasteiger partial charge in [0.2, 0.25) is 0 Å². The maximum Gasteiger partial charge on any atom is 0.466 e. The van der Waals surface area contributed by atoms with Crippen LogP contribution in [0.15, 0.2) is 5.16 Å². The first kappa shape index (κ1) is 21.5. The zero-order valence-corrected chi connectivity index (χ0v) is 14.5. The summed E-state index contributed by atoms with van der Waals surface area (Å²) < 4.78 is 38.9. The van der Waals surface area contributed by atoms with Crippen molar-refractivity contribution in [2.75, 3.05) is 6.61 Å².